The smallest absolute Gasteiger partial charge is 0.269 e. The molecular weight excluding hydrogens is 278 g/mol. The van der Waals surface area contributed by atoms with Crippen LogP contribution in [0.25, 0.3) is 0 Å². The Morgan fingerprint density at radius 1 is 1.45 bits per heavy atom. The van der Waals surface area contributed by atoms with Gasteiger partial charge >= 0.3 is 0 Å². The monoisotopic (exact) mass is 299 g/mol. The first kappa shape index (κ1) is 16.9. The van der Waals surface area contributed by atoms with Crippen LogP contribution in [0, 0.1) is 16.0 Å². The van der Waals surface area contributed by atoms with Gasteiger partial charge < -0.3 is 5.73 Å². The largest absolute Gasteiger partial charge is 0.330 e. The Labute approximate surface area is 125 Å². The van der Waals surface area contributed by atoms with Crippen molar-refractivity contribution in [3.63, 3.8) is 0 Å². The maximum Gasteiger partial charge on any atom is 0.269 e. The Bertz CT molecular complexity index is 448. The molecule has 1 aromatic rings. The molecule has 0 spiro atoms. The molecule has 2 rings (SSSR count). The first-order chi connectivity index (χ1) is 9.11. The summed E-state index contributed by atoms with van der Waals surface area (Å²) in [5.41, 5.74) is 6.88. The lowest BCUT2D eigenvalue weighted by atomic mass is 9.95. The molecule has 20 heavy (non-hydrogen) atoms. The highest BCUT2D eigenvalue weighted by Gasteiger charge is 2.23. The van der Waals surface area contributed by atoms with Crippen LogP contribution in [-0.4, -0.2) is 29.5 Å². The second-order valence-electron chi connectivity index (χ2n) is 5.24. The molecule has 0 radical (unpaired) electrons. The summed E-state index contributed by atoms with van der Waals surface area (Å²) in [6.45, 7) is 4.91. The lowest BCUT2D eigenvalue weighted by Gasteiger charge is -2.35. The zero-order chi connectivity index (χ0) is 13.8. The molecule has 1 atom stereocenters. The fourth-order valence-electron chi connectivity index (χ4n) is 2.68. The molecule has 6 heteroatoms. The molecule has 112 valence electrons. The fraction of sp³-hybridized carbons (Fsp3) is 0.571. The number of piperidine rings is 1. The van der Waals surface area contributed by atoms with Crippen LogP contribution in [0.4, 0.5) is 5.69 Å². The molecule has 0 amide bonds. The quantitative estimate of drug-likeness (QED) is 0.685. The van der Waals surface area contributed by atoms with E-state index in [1.54, 1.807) is 12.1 Å². The number of halogens is 1. The van der Waals surface area contributed by atoms with Crippen molar-refractivity contribution < 1.29 is 4.92 Å². The van der Waals surface area contributed by atoms with E-state index in [1.807, 2.05) is 6.07 Å². The van der Waals surface area contributed by atoms with Crippen LogP contribution in [-0.2, 0) is 0 Å². The molecule has 1 aromatic carbocycles. The van der Waals surface area contributed by atoms with E-state index in [0.29, 0.717) is 5.92 Å². The van der Waals surface area contributed by atoms with Gasteiger partial charge in [0.15, 0.2) is 0 Å². The van der Waals surface area contributed by atoms with Crippen molar-refractivity contribution in [3.05, 3.63) is 39.9 Å². The maximum atomic E-state index is 10.8. The van der Waals surface area contributed by atoms with Crippen molar-refractivity contribution >= 4 is 18.1 Å². The van der Waals surface area contributed by atoms with Crippen molar-refractivity contribution in [2.75, 3.05) is 19.6 Å². The average Bonchev–Trinajstić information content (AvgIpc) is 2.46. The predicted octanol–water partition coefficient (Wildman–Crippen LogP) is 2.75. The number of non-ortho nitro benzene ring substituents is 1. The summed E-state index contributed by atoms with van der Waals surface area (Å²) in [5, 5.41) is 10.8. The number of hydrogen-bond donors (Lipinski definition) is 1. The predicted molar refractivity (Wildman–Crippen MR) is 82.1 cm³/mol. The molecule has 1 saturated heterocycles. The third-order valence-corrected chi connectivity index (χ3v) is 4.09. The van der Waals surface area contributed by atoms with E-state index < -0.39 is 0 Å². The Hall–Kier alpha value is -1.17. The molecule has 1 fully saturated rings. The molecule has 1 aliphatic heterocycles. The van der Waals surface area contributed by atoms with Crippen LogP contribution < -0.4 is 5.73 Å². The summed E-state index contributed by atoms with van der Waals surface area (Å²) in [7, 11) is 0. The molecule has 1 heterocycles. The van der Waals surface area contributed by atoms with E-state index in [2.05, 4.69) is 11.8 Å². The number of nitrogens with zero attached hydrogens (tertiary/aromatic N) is 2. The lowest BCUT2D eigenvalue weighted by Crippen LogP contribution is -2.37. The third kappa shape index (κ3) is 3.91. The molecule has 1 unspecified atom stereocenters. The average molecular weight is 300 g/mol. The Morgan fingerprint density at radius 2 is 2.10 bits per heavy atom. The minimum Gasteiger partial charge on any atom is -0.330 e. The van der Waals surface area contributed by atoms with Gasteiger partial charge in [0.2, 0.25) is 0 Å². The summed E-state index contributed by atoms with van der Waals surface area (Å²) >= 11 is 0. The Balaban J connectivity index is 0.00000200. The molecular formula is C14H22ClN3O2. The summed E-state index contributed by atoms with van der Waals surface area (Å²) < 4.78 is 0. The van der Waals surface area contributed by atoms with Gasteiger partial charge in [-0.3, -0.25) is 15.0 Å². The summed E-state index contributed by atoms with van der Waals surface area (Å²) in [4.78, 5) is 12.9. The van der Waals surface area contributed by atoms with Crippen LogP contribution in [0.15, 0.2) is 24.3 Å². The maximum absolute atomic E-state index is 10.8. The van der Waals surface area contributed by atoms with E-state index in [4.69, 9.17) is 5.73 Å². The molecule has 1 aliphatic rings. The highest BCUT2D eigenvalue weighted by Crippen LogP contribution is 2.27. The van der Waals surface area contributed by atoms with Crippen LogP contribution in [0.3, 0.4) is 0 Å². The standard InChI is InChI=1S/C14H21N3O2.ClH/c1-11(16-7-5-12(10-15)6-8-16)13-3-2-4-14(9-13)17(18)19;/h2-4,9,11-12H,5-8,10,15H2,1H3;1H. The van der Waals surface area contributed by atoms with E-state index in [0.717, 1.165) is 38.0 Å². The van der Waals surface area contributed by atoms with Gasteiger partial charge in [0.05, 0.1) is 4.92 Å². The SMILES string of the molecule is CC(c1cccc([N+](=O)[O-])c1)N1CCC(CN)CC1.Cl. The van der Waals surface area contributed by atoms with Gasteiger partial charge in [0.25, 0.3) is 5.69 Å². The minimum atomic E-state index is -0.336. The van der Waals surface area contributed by atoms with Gasteiger partial charge in [-0.15, -0.1) is 12.4 Å². The Morgan fingerprint density at radius 3 is 2.65 bits per heavy atom. The van der Waals surface area contributed by atoms with E-state index in [9.17, 15) is 10.1 Å². The first-order valence-electron chi connectivity index (χ1n) is 6.80. The van der Waals surface area contributed by atoms with Gasteiger partial charge in [-0.25, -0.2) is 0 Å². The number of nitro groups is 1. The second-order valence-corrected chi connectivity index (χ2v) is 5.24. The fourth-order valence-corrected chi connectivity index (χ4v) is 2.68. The van der Waals surface area contributed by atoms with Gasteiger partial charge in [0, 0.05) is 18.2 Å². The zero-order valence-electron chi connectivity index (χ0n) is 11.7. The minimum absolute atomic E-state index is 0. The molecule has 5 nitrogen and oxygen atoms in total. The highest BCUT2D eigenvalue weighted by atomic mass is 35.5. The number of likely N-dealkylation sites (tertiary alicyclic amines) is 1. The topological polar surface area (TPSA) is 72.4 Å². The lowest BCUT2D eigenvalue weighted by molar-refractivity contribution is -0.385. The molecule has 2 N–H and O–H groups in total. The second kappa shape index (κ2) is 7.57. The van der Waals surface area contributed by atoms with Gasteiger partial charge in [0.1, 0.15) is 0 Å². The van der Waals surface area contributed by atoms with Crippen molar-refractivity contribution in [1.82, 2.24) is 4.90 Å². The van der Waals surface area contributed by atoms with Crippen LogP contribution >= 0.6 is 12.4 Å². The third-order valence-electron chi connectivity index (χ3n) is 4.09. The number of nitrogens with two attached hydrogens (primary N) is 1. The van der Waals surface area contributed by atoms with Crippen molar-refractivity contribution in [2.45, 2.75) is 25.8 Å². The molecule has 0 saturated carbocycles. The van der Waals surface area contributed by atoms with E-state index in [-0.39, 0.29) is 29.1 Å². The van der Waals surface area contributed by atoms with E-state index >= 15 is 0 Å². The normalized spacial score (nSPS) is 18.3. The Kier molecular flexibility index (Phi) is 6.39. The van der Waals surface area contributed by atoms with Gasteiger partial charge in [-0.1, -0.05) is 12.1 Å². The number of nitro benzene ring substituents is 1. The van der Waals surface area contributed by atoms with Crippen molar-refractivity contribution in [3.8, 4) is 0 Å². The van der Waals surface area contributed by atoms with Crippen LogP contribution in [0.5, 0.6) is 0 Å². The summed E-state index contributed by atoms with van der Waals surface area (Å²) in [5.74, 6) is 0.633. The molecule has 0 aliphatic carbocycles. The van der Waals surface area contributed by atoms with Crippen LogP contribution in [0.2, 0.25) is 0 Å². The van der Waals surface area contributed by atoms with Gasteiger partial charge in [-0.05, 0) is 50.9 Å². The highest BCUT2D eigenvalue weighted by molar-refractivity contribution is 5.85. The number of hydrogen-bond acceptors (Lipinski definition) is 4. The summed E-state index contributed by atoms with van der Waals surface area (Å²) in [6, 6.07) is 7.17. The zero-order valence-corrected chi connectivity index (χ0v) is 12.5. The number of rotatable bonds is 4. The first-order valence-corrected chi connectivity index (χ1v) is 6.80. The van der Waals surface area contributed by atoms with E-state index in [1.165, 1.54) is 6.07 Å². The summed E-state index contributed by atoms with van der Waals surface area (Å²) in [6.07, 6.45) is 2.24. The molecule has 0 aromatic heterocycles. The van der Waals surface area contributed by atoms with Crippen molar-refractivity contribution in [2.24, 2.45) is 11.7 Å². The van der Waals surface area contributed by atoms with Crippen molar-refractivity contribution in [1.29, 1.82) is 0 Å². The van der Waals surface area contributed by atoms with Crippen LogP contribution in [0.1, 0.15) is 31.4 Å². The van der Waals surface area contributed by atoms with Gasteiger partial charge in [-0.2, -0.15) is 0 Å². The molecule has 0 bridgehead atoms. The number of benzene rings is 1.